The zero-order chi connectivity index (χ0) is 20.9. The Morgan fingerprint density at radius 1 is 1.25 bits per heavy atom. The van der Waals surface area contributed by atoms with Crippen molar-refractivity contribution in [3.63, 3.8) is 0 Å². The van der Waals surface area contributed by atoms with Crippen molar-refractivity contribution in [2.24, 2.45) is 5.92 Å². The molecule has 28 heavy (non-hydrogen) atoms. The number of allylic oxidation sites excluding steroid dienone is 2. The van der Waals surface area contributed by atoms with Crippen molar-refractivity contribution in [2.75, 3.05) is 13.7 Å². The van der Waals surface area contributed by atoms with Crippen LogP contribution in [0.4, 0.5) is 0 Å². The minimum absolute atomic E-state index is 0.258. The van der Waals surface area contributed by atoms with E-state index in [0.717, 1.165) is 10.2 Å². The molecule has 0 spiro atoms. The molecule has 0 saturated heterocycles. The Labute approximate surface area is 179 Å². The molecule has 1 aliphatic rings. The van der Waals surface area contributed by atoms with Crippen LogP contribution in [0.1, 0.15) is 19.8 Å². The molecule has 154 valence electrons. The Morgan fingerprint density at radius 2 is 1.89 bits per heavy atom. The van der Waals surface area contributed by atoms with Crippen LogP contribution in [0.3, 0.4) is 0 Å². The number of methoxy groups -OCH3 is 1. The standard InChI is InChI=1S/C20H27ClO5SeSi/c1-6-25-18(22)17-13-15(26-28(3,4)5)11-12-20(17,19(23)24-2)27-16-9-7-14(21)8-10-16/h7-11,17H,6,12-13H2,1-5H3/t17-,20-/m1/s1. The molecule has 5 nitrogen and oxygen atoms in total. The van der Waals surface area contributed by atoms with Crippen molar-refractivity contribution in [2.45, 2.75) is 43.7 Å². The quantitative estimate of drug-likeness (QED) is 0.431. The summed E-state index contributed by atoms with van der Waals surface area (Å²) >= 11 is 5.64. The number of hydrogen-bond donors (Lipinski definition) is 0. The van der Waals surface area contributed by atoms with Gasteiger partial charge in [0.15, 0.2) is 0 Å². The fourth-order valence-electron chi connectivity index (χ4n) is 3.12. The first kappa shape index (κ1) is 23.0. The molecule has 0 aliphatic heterocycles. The summed E-state index contributed by atoms with van der Waals surface area (Å²) in [4.78, 5) is 25.8. The number of esters is 2. The van der Waals surface area contributed by atoms with E-state index < -0.39 is 18.5 Å². The molecule has 8 heteroatoms. The fourth-order valence-corrected chi connectivity index (χ4v) is 7.02. The van der Waals surface area contributed by atoms with Crippen molar-refractivity contribution in [1.82, 2.24) is 0 Å². The molecule has 1 aromatic rings. The summed E-state index contributed by atoms with van der Waals surface area (Å²) in [7, 11) is -0.473. The van der Waals surface area contributed by atoms with Crippen molar-refractivity contribution in [1.29, 1.82) is 0 Å². The van der Waals surface area contributed by atoms with Crippen LogP contribution in [0.15, 0.2) is 36.1 Å². The molecule has 0 radical (unpaired) electrons. The third-order valence-corrected chi connectivity index (χ3v) is 8.51. The van der Waals surface area contributed by atoms with Gasteiger partial charge in [0.05, 0.1) is 0 Å². The van der Waals surface area contributed by atoms with E-state index in [-0.39, 0.29) is 33.5 Å². The van der Waals surface area contributed by atoms with Gasteiger partial charge in [0.1, 0.15) is 0 Å². The van der Waals surface area contributed by atoms with Crippen LogP contribution < -0.4 is 4.46 Å². The van der Waals surface area contributed by atoms with Gasteiger partial charge in [-0.05, 0) is 0 Å². The van der Waals surface area contributed by atoms with E-state index in [1.807, 2.05) is 18.2 Å². The fraction of sp³-hybridized carbons (Fsp3) is 0.500. The van der Waals surface area contributed by atoms with Crippen LogP contribution in [0.25, 0.3) is 0 Å². The zero-order valence-corrected chi connectivity index (χ0v) is 20.4. The van der Waals surface area contributed by atoms with E-state index in [2.05, 4.69) is 19.6 Å². The Balaban J connectivity index is 2.47. The third kappa shape index (κ3) is 5.63. The molecule has 0 aromatic heterocycles. The van der Waals surface area contributed by atoms with Crippen LogP contribution in [-0.2, 0) is 23.5 Å². The average molecular weight is 490 g/mol. The molecule has 0 heterocycles. The van der Waals surface area contributed by atoms with Gasteiger partial charge in [0.25, 0.3) is 0 Å². The van der Waals surface area contributed by atoms with Gasteiger partial charge in [-0.15, -0.1) is 0 Å². The maximum atomic E-state index is 13.0. The number of benzene rings is 1. The molecule has 2 atom stereocenters. The molecule has 0 amide bonds. The molecule has 0 bridgehead atoms. The molecule has 1 aromatic carbocycles. The van der Waals surface area contributed by atoms with Gasteiger partial charge in [0, 0.05) is 0 Å². The van der Waals surface area contributed by atoms with Gasteiger partial charge >= 0.3 is 179 Å². The SMILES string of the molecule is CCOC(=O)[C@H]1CC(O[Si](C)(C)C)=CC[C@]1([Se]c1ccc(Cl)cc1)C(=O)OC. The first-order chi connectivity index (χ1) is 13.1. The molecule has 2 rings (SSSR count). The van der Waals surface area contributed by atoms with E-state index in [9.17, 15) is 9.59 Å². The Morgan fingerprint density at radius 3 is 2.43 bits per heavy atom. The number of rotatable bonds is 7. The van der Waals surface area contributed by atoms with Gasteiger partial charge < -0.3 is 0 Å². The Hall–Kier alpha value is -1.27. The first-order valence-electron chi connectivity index (χ1n) is 9.19. The summed E-state index contributed by atoms with van der Waals surface area (Å²) < 4.78 is 16.6. The van der Waals surface area contributed by atoms with Crippen LogP contribution in [0.2, 0.25) is 29.0 Å². The maximum absolute atomic E-state index is 13.0. The number of ether oxygens (including phenoxy) is 2. The number of halogens is 1. The first-order valence-corrected chi connectivity index (χ1v) is 14.7. The van der Waals surface area contributed by atoms with Crippen molar-refractivity contribution in [3.05, 3.63) is 41.1 Å². The molecule has 1 aliphatic carbocycles. The average Bonchev–Trinajstić information content (AvgIpc) is 2.63. The predicted molar refractivity (Wildman–Crippen MR) is 113 cm³/mol. The summed E-state index contributed by atoms with van der Waals surface area (Å²) in [5.74, 6) is -0.645. The second-order valence-electron chi connectivity index (χ2n) is 7.53. The summed E-state index contributed by atoms with van der Waals surface area (Å²) in [5.41, 5.74) is 0. The van der Waals surface area contributed by atoms with E-state index >= 15 is 0 Å². The Kier molecular flexibility index (Phi) is 7.79. The Bertz CT molecular complexity index is 744. The summed E-state index contributed by atoms with van der Waals surface area (Å²) in [6.07, 6.45) is 2.67. The van der Waals surface area contributed by atoms with Gasteiger partial charge in [-0.25, -0.2) is 0 Å². The summed E-state index contributed by atoms with van der Waals surface area (Å²) in [6, 6.07) is 7.38. The minimum atomic E-state index is -1.84. The third-order valence-electron chi connectivity index (χ3n) is 4.25. The summed E-state index contributed by atoms with van der Waals surface area (Å²) in [5, 5.41) is 0.628. The molecule has 0 saturated carbocycles. The molecular weight excluding hydrogens is 463 g/mol. The molecular formula is C20H27ClO5SeSi. The molecule has 0 N–H and O–H groups in total. The van der Waals surface area contributed by atoms with Crippen LogP contribution >= 0.6 is 11.6 Å². The van der Waals surface area contributed by atoms with Crippen LogP contribution in [0.5, 0.6) is 0 Å². The number of carbonyl (C=O) groups excluding carboxylic acids is 2. The van der Waals surface area contributed by atoms with Crippen molar-refractivity contribution in [3.8, 4) is 0 Å². The van der Waals surface area contributed by atoms with E-state index in [1.54, 1.807) is 19.1 Å². The predicted octanol–water partition coefficient (Wildman–Crippen LogP) is 3.71. The van der Waals surface area contributed by atoms with Crippen molar-refractivity contribution < 1.29 is 23.5 Å². The number of hydrogen-bond acceptors (Lipinski definition) is 5. The van der Waals surface area contributed by atoms with E-state index in [1.165, 1.54) is 7.11 Å². The number of carbonyl (C=O) groups is 2. The van der Waals surface area contributed by atoms with Crippen LogP contribution in [-0.4, -0.2) is 48.9 Å². The zero-order valence-electron chi connectivity index (χ0n) is 16.9. The second kappa shape index (κ2) is 9.48. The van der Waals surface area contributed by atoms with Crippen LogP contribution in [0, 0.1) is 5.92 Å². The summed E-state index contributed by atoms with van der Waals surface area (Å²) in [6.45, 7) is 8.29. The van der Waals surface area contributed by atoms with Gasteiger partial charge in [-0.2, -0.15) is 0 Å². The monoisotopic (exact) mass is 490 g/mol. The van der Waals surface area contributed by atoms with E-state index in [4.69, 9.17) is 25.5 Å². The molecule has 0 fully saturated rings. The van der Waals surface area contributed by atoms with E-state index in [0.29, 0.717) is 17.9 Å². The normalized spacial score (nSPS) is 22.2. The second-order valence-corrected chi connectivity index (χ2v) is 15.3. The van der Waals surface area contributed by atoms with Gasteiger partial charge in [-0.3, -0.25) is 0 Å². The van der Waals surface area contributed by atoms with Gasteiger partial charge in [0.2, 0.25) is 0 Å². The molecule has 0 unspecified atom stereocenters. The topological polar surface area (TPSA) is 61.8 Å². The van der Waals surface area contributed by atoms with Crippen molar-refractivity contribution >= 4 is 51.3 Å². The van der Waals surface area contributed by atoms with Gasteiger partial charge in [-0.1, -0.05) is 0 Å².